The van der Waals surface area contributed by atoms with E-state index in [4.69, 9.17) is 11.1 Å². The molecule has 0 saturated carbocycles. The van der Waals surface area contributed by atoms with Crippen LogP contribution in [0.15, 0.2) is 23.4 Å². The zero-order valence-corrected chi connectivity index (χ0v) is 9.56. The molecule has 18 heavy (non-hydrogen) atoms. The number of carbonyl (C=O) groups excluding carboxylic acids is 2. The third-order valence-corrected chi connectivity index (χ3v) is 1.14. The molecule has 0 unspecified atom stereocenters. The van der Waals surface area contributed by atoms with Gasteiger partial charge in [-0.1, -0.05) is 10.2 Å². The van der Waals surface area contributed by atoms with E-state index in [1.54, 1.807) is 0 Å². The molecule has 0 atom stereocenters. The first kappa shape index (κ1) is 17.7. The third kappa shape index (κ3) is 13.3. The van der Waals surface area contributed by atoms with Crippen LogP contribution in [0.5, 0.6) is 0 Å². The molecule has 10 nitrogen and oxygen atoms in total. The molecule has 0 spiro atoms. The van der Waals surface area contributed by atoms with Gasteiger partial charge < -0.3 is 9.47 Å². The van der Waals surface area contributed by atoms with Crippen LogP contribution in [0.25, 0.3) is 20.9 Å². The Morgan fingerprint density at radius 1 is 0.944 bits per heavy atom. The van der Waals surface area contributed by atoms with Crippen molar-refractivity contribution in [3.05, 3.63) is 34.0 Å². The molecule has 0 heterocycles. The zero-order chi connectivity index (χ0) is 14.2. The zero-order valence-electron chi connectivity index (χ0n) is 9.56. The topological polar surface area (TPSA) is 150 Å². The van der Waals surface area contributed by atoms with Crippen LogP contribution < -0.4 is 0 Å². The van der Waals surface area contributed by atoms with Crippen LogP contribution in [0.3, 0.4) is 0 Å². The van der Waals surface area contributed by atoms with Crippen LogP contribution in [-0.4, -0.2) is 38.2 Å². The fraction of sp³-hybridized carbons (Fsp3) is 0.500. The van der Waals surface area contributed by atoms with Crippen LogP contribution in [0.4, 0.5) is 0 Å². The molecule has 0 aromatic rings. The predicted molar refractivity (Wildman–Crippen MR) is 61.2 cm³/mol. The molecule has 0 rings (SSSR count). The first-order valence-electron chi connectivity index (χ1n) is 4.53. The minimum absolute atomic E-state index is 0.151. The van der Waals surface area contributed by atoms with E-state index in [-0.39, 0.29) is 13.2 Å². The first-order chi connectivity index (χ1) is 8.70. The highest BCUT2D eigenvalue weighted by molar-refractivity contribution is 5.72. The number of carbonyl (C=O) groups is 2. The summed E-state index contributed by atoms with van der Waals surface area (Å²) in [6.07, 6.45) is 0. The summed E-state index contributed by atoms with van der Waals surface area (Å²) < 4.78 is 9.03. The van der Waals surface area contributed by atoms with Crippen molar-refractivity contribution in [2.45, 2.75) is 0 Å². The number of esters is 2. The number of azide groups is 2. The first-order valence-corrected chi connectivity index (χ1v) is 4.53. The summed E-state index contributed by atoms with van der Waals surface area (Å²) >= 11 is 0. The van der Waals surface area contributed by atoms with E-state index in [9.17, 15) is 9.59 Å². The molecule has 98 valence electrons. The molecular formula is C8H12N6O4. The fourth-order valence-corrected chi connectivity index (χ4v) is 0.581. The molecule has 0 radical (unpaired) electrons. The molecule has 0 saturated heterocycles. The summed E-state index contributed by atoms with van der Waals surface area (Å²) in [5.41, 5.74) is 15.8. The van der Waals surface area contributed by atoms with Crippen LogP contribution in [0, 0.1) is 0 Å². The summed E-state index contributed by atoms with van der Waals surface area (Å²) in [4.78, 5) is 26.2. The number of hydrogen-bond donors (Lipinski definition) is 0. The second-order valence-corrected chi connectivity index (χ2v) is 2.22. The Labute approximate surface area is 102 Å². The van der Waals surface area contributed by atoms with Crippen molar-refractivity contribution in [2.24, 2.45) is 10.2 Å². The van der Waals surface area contributed by atoms with Gasteiger partial charge in [-0.15, -0.1) is 13.2 Å². The molecular weight excluding hydrogens is 244 g/mol. The molecule has 10 heteroatoms. The van der Waals surface area contributed by atoms with Gasteiger partial charge in [-0.05, 0) is 11.1 Å². The SMILES string of the molecule is C=C.[N-]=[N+]=NCC(=O)OCCOC(=O)CN=[N+]=[N-]. The Morgan fingerprint density at radius 3 is 1.56 bits per heavy atom. The van der Waals surface area contributed by atoms with Crippen molar-refractivity contribution in [1.29, 1.82) is 0 Å². The molecule has 0 aliphatic carbocycles. The second-order valence-electron chi connectivity index (χ2n) is 2.22. The molecule has 0 N–H and O–H groups in total. The van der Waals surface area contributed by atoms with Gasteiger partial charge in [0.05, 0.1) is 0 Å². The second kappa shape index (κ2) is 14.3. The summed E-state index contributed by atoms with van der Waals surface area (Å²) in [6, 6.07) is 0. The quantitative estimate of drug-likeness (QED) is 0.169. The highest BCUT2D eigenvalue weighted by atomic mass is 16.6. The van der Waals surface area contributed by atoms with Crippen molar-refractivity contribution in [1.82, 2.24) is 0 Å². The lowest BCUT2D eigenvalue weighted by Crippen LogP contribution is -2.16. The van der Waals surface area contributed by atoms with Gasteiger partial charge in [-0.25, -0.2) is 0 Å². The van der Waals surface area contributed by atoms with Gasteiger partial charge >= 0.3 is 11.9 Å². The minimum Gasteiger partial charge on any atom is -0.462 e. The van der Waals surface area contributed by atoms with Gasteiger partial charge in [-0.2, -0.15) is 0 Å². The molecule has 0 aliphatic rings. The van der Waals surface area contributed by atoms with Crippen LogP contribution in [0.2, 0.25) is 0 Å². The van der Waals surface area contributed by atoms with Crippen LogP contribution in [-0.2, 0) is 19.1 Å². The van der Waals surface area contributed by atoms with Crippen molar-refractivity contribution in [2.75, 3.05) is 26.3 Å². The molecule has 0 bridgehead atoms. The minimum atomic E-state index is -0.719. The molecule has 0 amide bonds. The standard InChI is InChI=1S/C6H8N6O4.C2H4/c7-11-9-3-5(13)15-1-2-16-6(14)4-10-12-8;1-2/h1-4H2;1-2H2. The largest absolute Gasteiger partial charge is 0.462 e. The van der Waals surface area contributed by atoms with Crippen molar-refractivity contribution >= 4 is 11.9 Å². The van der Waals surface area contributed by atoms with E-state index >= 15 is 0 Å². The summed E-state index contributed by atoms with van der Waals surface area (Å²) in [5, 5.41) is 5.94. The molecule has 0 aromatic carbocycles. The van der Waals surface area contributed by atoms with E-state index in [0.717, 1.165) is 0 Å². The Kier molecular flexibility index (Phi) is 14.1. The smallest absolute Gasteiger partial charge is 0.311 e. The Balaban J connectivity index is 0. The van der Waals surface area contributed by atoms with E-state index in [2.05, 4.69) is 42.7 Å². The fourth-order valence-electron chi connectivity index (χ4n) is 0.581. The number of rotatable bonds is 7. The van der Waals surface area contributed by atoms with Crippen molar-refractivity contribution in [3.8, 4) is 0 Å². The Bertz CT molecular complexity index is 325. The molecule has 0 fully saturated rings. The highest BCUT2D eigenvalue weighted by Gasteiger charge is 2.02. The van der Waals surface area contributed by atoms with E-state index in [1.165, 1.54) is 0 Å². The Morgan fingerprint density at radius 2 is 1.28 bits per heavy atom. The maximum Gasteiger partial charge on any atom is 0.311 e. The van der Waals surface area contributed by atoms with Crippen molar-refractivity contribution < 1.29 is 19.1 Å². The summed E-state index contributed by atoms with van der Waals surface area (Å²) in [5.74, 6) is -1.44. The number of ether oxygens (including phenoxy) is 2. The lowest BCUT2D eigenvalue weighted by atomic mass is 10.6. The van der Waals surface area contributed by atoms with Crippen LogP contribution in [0.1, 0.15) is 0 Å². The van der Waals surface area contributed by atoms with Gasteiger partial charge in [0.15, 0.2) is 0 Å². The van der Waals surface area contributed by atoms with Crippen LogP contribution >= 0.6 is 0 Å². The normalized spacial score (nSPS) is 7.56. The maximum atomic E-state index is 10.7. The lowest BCUT2D eigenvalue weighted by Gasteiger charge is -2.03. The molecule has 0 aliphatic heterocycles. The third-order valence-electron chi connectivity index (χ3n) is 1.14. The number of nitrogens with zero attached hydrogens (tertiary/aromatic N) is 6. The average molecular weight is 256 g/mol. The van der Waals surface area contributed by atoms with E-state index in [0.29, 0.717) is 0 Å². The number of hydrogen-bond acceptors (Lipinski definition) is 6. The molecule has 0 aromatic heterocycles. The van der Waals surface area contributed by atoms with Gasteiger partial charge in [0.2, 0.25) is 0 Å². The summed E-state index contributed by atoms with van der Waals surface area (Å²) in [7, 11) is 0. The lowest BCUT2D eigenvalue weighted by molar-refractivity contribution is -0.150. The van der Waals surface area contributed by atoms with E-state index in [1.807, 2.05) is 0 Å². The average Bonchev–Trinajstić information content (AvgIpc) is 2.41. The summed E-state index contributed by atoms with van der Waals surface area (Å²) in [6.45, 7) is 4.87. The van der Waals surface area contributed by atoms with Gasteiger partial charge in [0.25, 0.3) is 0 Å². The Hall–Kier alpha value is -2.70. The monoisotopic (exact) mass is 256 g/mol. The maximum absolute atomic E-state index is 10.7. The van der Waals surface area contributed by atoms with Crippen molar-refractivity contribution in [3.63, 3.8) is 0 Å². The van der Waals surface area contributed by atoms with E-state index < -0.39 is 25.0 Å². The van der Waals surface area contributed by atoms with Gasteiger partial charge in [0.1, 0.15) is 26.3 Å². The highest BCUT2D eigenvalue weighted by Crippen LogP contribution is 1.85. The van der Waals surface area contributed by atoms with Gasteiger partial charge in [-0.3, -0.25) is 9.59 Å². The predicted octanol–water partition coefficient (Wildman–Crippen LogP) is 1.50. The van der Waals surface area contributed by atoms with Gasteiger partial charge in [0, 0.05) is 9.82 Å².